The maximum absolute atomic E-state index is 12.9. The first-order chi connectivity index (χ1) is 11.5. The quantitative estimate of drug-likeness (QED) is 0.728. The van der Waals surface area contributed by atoms with Crippen LogP contribution in [-0.4, -0.2) is 22.8 Å². The number of anilines is 1. The Kier molecular flexibility index (Phi) is 5.65. The predicted molar refractivity (Wildman–Crippen MR) is 87.3 cm³/mol. The Morgan fingerprint density at radius 3 is 2.20 bits per heavy atom. The van der Waals surface area contributed by atoms with Crippen LogP contribution in [0.1, 0.15) is 6.92 Å². The van der Waals surface area contributed by atoms with Crippen molar-refractivity contribution in [1.82, 2.24) is 0 Å². The maximum atomic E-state index is 12.9. The number of aliphatic hydroxyl groups is 1. The third kappa shape index (κ3) is 4.65. The zero-order chi connectivity index (χ0) is 18.8. The summed E-state index contributed by atoms with van der Waals surface area (Å²) >= 11 is 7.23. The average Bonchev–Trinajstić information content (AvgIpc) is 2.51. The van der Waals surface area contributed by atoms with Crippen LogP contribution in [0.3, 0.4) is 0 Å². The van der Waals surface area contributed by atoms with Gasteiger partial charge < -0.3 is 10.4 Å². The number of carbonyl (C=O) groups excluding carboxylic acids is 1. The van der Waals surface area contributed by atoms with Gasteiger partial charge in [-0.3, -0.25) is 4.79 Å². The molecule has 2 aromatic carbocycles. The molecule has 3 nitrogen and oxygen atoms in total. The number of benzene rings is 2. The van der Waals surface area contributed by atoms with E-state index in [1.54, 1.807) is 12.1 Å². The van der Waals surface area contributed by atoms with E-state index in [1.165, 1.54) is 42.1 Å². The molecular formula is C16H12ClF4NO2S. The van der Waals surface area contributed by atoms with E-state index in [2.05, 4.69) is 0 Å². The van der Waals surface area contributed by atoms with Crippen molar-refractivity contribution in [1.29, 1.82) is 0 Å². The lowest BCUT2D eigenvalue weighted by molar-refractivity contribution is -0.242. The molecule has 2 rings (SSSR count). The van der Waals surface area contributed by atoms with Crippen LogP contribution in [0.2, 0.25) is 5.02 Å². The first-order valence-electron chi connectivity index (χ1n) is 6.84. The number of halogens is 5. The molecule has 1 amide bonds. The van der Waals surface area contributed by atoms with E-state index >= 15 is 0 Å². The van der Waals surface area contributed by atoms with Crippen molar-refractivity contribution in [2.45, 2.75) is 28.5 Å². The smallest absolute Gasteiger partial charge is 0.373 e. The van der Waals surface area contributed by atoms with Crippen LogP contribution in [-0.2, 0) is 4.79 Å². The van der Waals surface area contributed by atoms with Gasteiger partial charge in [-0.25, -0.2) is 4.39 Å². The molecule has 0 aromatic heterocycles. The van der Waals surface area contributed by atoms with E-state index in [4.69, 9.17) is 11.6 Å². The normalized spacial score (nSPS) is 14.0. The van der Waals surface area contributed by atoms with Gasteiger partial charge in [0.1, 0.15) is 5.82 Å². The minimum Gasteiger partial charge on any atom is -0.373 e. The fraction of sp³-hybridized carbons (Fsp3) is 0.188. The summed E-state index contributed by atoms with van der Waals surface area (Å²) in [6, 6.07) is 9.98. The average molecular weight is 394 g/mol. The molecule has 134 valence electrons. The molecule has 25 heavy (non-hydrogen) atoms. The molecule has 2 aromatic rings. The summed E-state index contributed by atoms with van der Waals surface area (Å²) in [6.45, 7) is 0.356. The summed E-state index contributed by atoms with van der Waals surface area (Å²) < 4.78 is 50.8. The van der Waals surface area contributed by atoms with E-state index in [9.17, 15) is 27.5 Å². The van der Waals surface area contributed by atoms with Gasteiger partial charge in [-0.2, -0.15) is 13.2 Å². The van der Waals surface area contributed by atoms with Crippen molar-refractivity contribution in [3.05, 3.63) is 53.3 Å². The van der Waals surface area contributed by atoms with E-state index < -0.39 is 17.7 Å². The van der Waals surface area contributed by atoms with Crippen molar-refractivity contribution in [2.24, 2.45) is 0 Å². The molecule has 0 aliphatic rings. The first-order valence-corrected chi connectivity index (χ1v) is 8.03. The lowest BCUT2D eigenvalue weighted by atomic mass is 10.1. The summed E-state index contributed by atoms with van der Waals surface area (Å²) in [4.78, 5) is 13.0. The fourth-order valence-electron chi connectivity index (χ4n) is 1.67. The lowest BCUT2D eigenvalue weighted by Gasteiger charge is -2.25. The highest BCUT2D eigenvalue weighted by Crippen LogP contribution is 2.35. The number of amides is 1. The summed E-state index contributed by atoms with van der Waals surface area (Å²) in [6.07, 6.45) is -5.12. The van der Waals surface area contributed by atoms with Gasteiger partial charge in [-0.15, -0.1) is 0 Å². The molecule has 9 heteroatoms. The molecule has 0 bridgehead atoms. The van der Waals surface area contributed by atoms with E-state index in [0.717, 1.165) is 4.90 Å². The van der Waals surface area contributed by atoms with Crippen LogP contribution < -0.4 is 5.32 Å². The molecule has 0 spiro atoms. The summed E-state index contributed by atoms with van der Waals surface area (Å²) in [7, 11) is 0. The van der Waals surface area contributed by atoms with Gasteiger partial charge in [0, 0.05) is 9.79 Å². The van der Waals surface area contributed by atoms with Gasteiger partial charge in [-0.05, 0) is 49.4 Å². The SMILES string of the molecule is C[C@@](O)(C(=O)Nc1ccc(Sc2ccc(F)cc2)cc1Cl)C(F)(F)F. The molecule has 0 saturated carbocycles. The van der Waals surface area contributed by atoms with Crippen molar-refractivity contribution < 1.29 is 27.5 Å². The monoisotopic (exact) mass is 393 g/mol. The van der Waals surface area contributed by atoms with Crippen LogP contribution in [0, 0.1) is 5.82 Å². The molecule has 2 N–H and O–H groups in total. The fourth-order valence-corrected chi connectivity index (χ4v) is 2.82. The molecule has 0 aliphatic carbocycles. The number of alkyl halides is 3. The van der Waals surface area contributed by atoms with Gasteiger partial charge in [-0.1, -0.05) is 23.4 Å². The predicted octanol–water partition coefficient (Wildman–Crippen LogP) is 4.88. The minimum absolute atomic E-state index is 0.00145. The number of hydrogen-bond donors (Lipinski definition) is 2. The first kappa shape index (κ1) is 19.6. The molecule has 0 radical (unpaired) electrons. The molecular weight excluding hydrogens is 382 g/mol. The topological polar surface area (TPSA) is 49.3 Å². The number of nitrogens with one attached hydrogen (secondary N) is 1. The molecule has 0 unspecified atom stereocenters. The summed E-state index contributed by atoms with van der Waals surface area (Å²) in [5.41, 5.74) is -3.61. The highest BCUT2D eigenvalue weighted by Gasteiger charge is 2.55. The Bertz CT molecular complexity index is 779. The minimum atomic E-state index is -5.12. The number of rotatable bonds is 4. The highest BCUT2D eigenvalue weighted by atomic mass is 35.5. The van der Waals surface area contributed by atoms with Crippen LogP contribution in [0.4, 0.5) is 23.2 Å². The number of hydrogen-bond acceptors (Lipinski definition) is 3. The Hall–Kier alpha value is -1.77. The van der Waals surface area contributed by atoms with Crippen LogP contribution >= 0.6 is 23.4 Å². The zero-order valence-corrected chi connectivity index (χ0v) is 14.3. The maximum Gasteiger partial charge on any atom is 0.426 e. The van der Waals surface area contributed by atoms with E-state index in [-0.39, 0.29) is 16.5 Å². The van der Waals surface area contributed by atoms with Gasteiger partial charge in [0.05, 0.1) is 10.7 Å². The van der Waals surface area contributed by atoms with E-state index in [1.807, 2.05) is 5.32 Å². The highest BCUT2D eigenvalue weighted by molar-refractivity contribution is 7.99. The van der Waals surface area contributed by atoms with Crippen LogP contribution in [0.5, 0.6) is 0 Å². The zero-order valence-electron chi connectivity index (χ0n) is 12.7. The molecule has 1 atom stereocenters. The third-order valence-corrected chi connectivity index (χ3v) is 4.54. The van der Waals surface area contributed by atoms with Crippen molar-refractivity contribution in [2.75, 3.05) is 5.32 Å². The molecule has 0 heterocycles. The largest absolute Gasteiger partial charge is 0.426 e. The van der Waals surface area contributed by atoms with Crippen LogP contribution in [0.25, 0.3) is 0 Å². The summed E-state index contributed by atoms with van der Waals surface area (Å²) in [5.74, 6) is -2.02. The van der Waals surface area contributed by atoms with Gasteiger partial charge in [0.2, 0.25) is 5.60 Å². The second-order valence-corrected chi connectivity index (χ2v) is 6.78. The second-order valence-electron chi connectivity index (χ2n) is 5.22. The van der Waals surface area contributed by atoms with Crippen molar-refractivity contribution in [3.63, 3.8) is 0 Å². The molecule has 0 fully saturated rings. The number of carbonyl (C=O) groups is 1. The van der Waals surface area contributed by atoms with E-state index in [0.29, 0.717) is 11.8 Å². The Morgan fingerprint density at radius 1 is 1.12 bits per heavy atom. The van der Waals surface area contributed by atoms with Crippen LogP contribution in [0.15, 0.2) is 52.3 Å². The second kappa shape index (κ2) is 7.23. The molecule has 0 saturated heterocycles. The van der Waals surface area contributed by atoms with Gasteiger partial charge in [0.25, 0.3) is 5.91 Å². The van der Waals surface area contributed by atoms with Crippen molar-refractivity contribution >= 4 is 35.0 Å². The Labute approximate surface area is 150 Å². The van der Waals surface area contributed by atoms with Gasteiger partial charge in [0.15, 0.2) is 0 Å². The standard InChI is InChI=1S/C16H12ClF4NO2S/c1-15(24,16(19,20)21)14(23)22-13-7-6-11(8-12(13)17)25-10-4-2-9(18)3-5-10/h2-8,24H,1H3,(H,22,23)/t15-/m1/s1. The lowest BCUT2D eigenvalue weighted by Crippen LogP contribution is -2.52. The van der Waals surface area contributed by atoms with Crippen molar-refractivity contribution in [3.8, 4) is 0 Å². The third-order valence-electron chi connectivity index (χ3n) is 3.23. The molecule has 0 aliphatic heterocycles. The van der Waals surface area contributed by atoms with Gasteiger partial charge >= 0.3 is 6.18 Å². The summed E-state index contributed by atoms with van der Waals surface area (Å²) in [5, 5.41) is 11.3. The Balaban J connectivity index is 2.14. The Morgan fingerprint density at radius 2 is 1.68 bits per heavy atom.